The van der Waals surface area contributed by atoms with E-state index in [0.29, 0.717) is 0 Å². The predicted octanol–water partition coefficient (Wildman–Crippen LogP) is 1.19. The van der Waals surface area contributed by atoms with Gasteiger partial charge in [-0.05, 0) is 22.5 Å². The third kappa shape index (κ3) is 1.21. The SMILES string of the molecule is C=S1NC(C)=NS1. The van der Waals surface area contributed by atoms with E-state index in [1.54, 1.807) is 0 Å². The summed E-state index contributed by atoms with van der Waals surface area (Å²) in [5.41, 5.74) is 0. The molecule has 1 aliphatic heterocycles. The minimum absolute atomic E-state index is 0.0100. The fraction of sp³-hybridized carbons (Fsp3) is 0.333. The summed E-state index contributed by atoms with van der Waals surface area (Å²) in [5.74, 6) is 4.74. The van der Waals surface area contributed by atoms with Gasteiger partial charge in [0, 0.05) is 0 Å². The number of amidine groups is 1. The highest BCUT2D eigenvalue weighted by molar-refractivity contribution is 8.82. The Bertz CT molecular complexity index is 129. The predicted molar refractivity (Wildman–Crippen MR) is 38.5 cm³/mol. The van der Waals surface area contributed by atoms with E-state index in [9.17, 15) is 0 Å². The molecule has 1 unspecified atom stereocenters. The van der Waals surface area contributed by atoms with Crippen LogP contribution in [0, 0.1) is 0 Å². The number of nitrogens with one attached hydrogen (secondary N) is 1. The number of rotatable bonds is 0. The first-order valence-electron chi connectivity index (χ1n) is 1.82. The molecule has 0 aliphatic carbocycles. The van der Waals surface area contributed by atoms with Gasteiger partial charge in [0.05, 0.1) is 11.0 Å². The molecule has 4 heteroatoms. The Kier molecular flexibility index (Phi) is 1.39. The average molecular weight is 134 g/mol. The van der Waals surface area contributed by atoms with E-state index < -0.39 is 0 Å². The second-order valence-corrected chi connectivity index (χ2v) is 4.08. The molecule has 0 aromatic rings. The Balaban J connectivity index is 2.58. The smallest absolute Gasteiger partial charge is 0.118 e. The Morgan fingerprint density at radius 3 is 2.86 bits per heavy atom. The fourth-order valence-electron chi connectivity index (χ4n) is 0.303. The van der Waals surface area contributed by atoms with Gasteiger partial charge in [0.25, 0.3) is 0 Å². The molecule has 0 bridgehead atoms. The van der Waals surface area contributed by atoms with Gasteiger partial charge < -0.3 is 4.72 Å². The maximum Gasteiger partial charge on any atom is 0.118 e. The first kappa shape index (κ1) is 5.18. The molecule has 0 radical (unpaired) electrons. The third-order valence-electron chi connectivity index (χ3n) is 0.526. The van der Waals surface area contributed by atoms with E-state index in [2.05, 4.69) is 15.0 Å². The molecular weight excluding hydrogens is 128 g/mol. The van der Waals surface area contributed by atoms with Gasteiger partial charge in [0.2, 0.25) is 0 Å². The van der Waals surface area contributed by atoms with Gasteiger partial charge >= 0.3 is 0 Å². The van der Waals surface area contributed by atoms with Crippen LogP contribution in [0.4, 0.5) is 0 Å². The highest BCUT2D eigenvalue weighted by atomic mass is 33.1. The zero-order valence-electron chi connectivity index (χ0n) is 3.97. The molecular formula is C3H6N2S2. The van der Waals surface area contributed by atoms with E-state index in [1.807, 2.05) is 6.92 Å². The standard InChI is InChI=1S/C3H6N2S2/c1-3-4-6-7(2)5-3/h2H2,1H3,(H,4,5). The summed E-state index contributed by atoms with van der Waals surface area (Å²) in [6.45, 7) is 1.94. The van der Waals surface area contributed by atoms with Crippen LogP contribution >= 0.6 is 20.7 Å². The highest BCUT2D eigenvalue weighted by Gasteiger charge is 2.00. The second kappa shape index (κ2) is 1.88. The van der Waals surface area contributed by atoms with Crippen molar-refractivity contribution in [3.8, 4) is 0 Å². The molecule has 2 nitrogen and oxygen atoms in total. The molecule has 0 saturated heterocycles. The van der Waals surface area contributed by atoms with Crippen LogP contribution in [0.5, 0.6) is 0 Å². The van der Waals surface area contributed by atoms with Crippen LogP contribution in [0.15, 0.2) is 4.40 Å². The van der Waals surface area contributed by atoms with Gasteiger partial charge in [-0.3, -0.25) is 0 Å². The topological polar surface area (TPSA) is 24.4 Å². The van der Waals surface area contributed by atoms with Crippen molar-refractivity contribution < 1.29 is 0 Å². The van der Waals surface area contributed by atoms with E-state index in [-0.39, 0.29) is 9.70 Å². The molecule has 1 aliphatic rings. The summed E-state index contributed by atoms with van der Waals surface area (Å²) in [5, 5.41) is 0. The van der Waals surface area contributed by atoms with Crippen molar-refractivity contribution in [3.63, 3.8) is 0 Å². The normalized spacial score (nSPS) is 29.3. The van der Waals surface area contributed by atoms with Crippen LogP contribution in [0.3, 0.4) is 0 Å². The first-order chi connectivity index (χ1) is 3.29. The molecule has 40 valence electrons. The van der Waals surface area contributed by atoms with Crippen molar-refractivity contribution in [2.45, 2.75) is 6.92 Å². The number of nitrogens with zero attached hydrogens (tertiary/aromatic N) is 1. The van der Waals surface area contributed by atoms with Gasteiger partial charge in [0.15, 0.2) is 0 Å². The minimum Gasteiger partial charge on any atom is -0.314 e. The van der Waals surface area contributed by atoms with Crippen LogP contribution in [0.2, 0.25) is 0 Å². The van der Waals surface area contributed by atoms with E-state index in [4.69, 9.17) is 0 Å². The lowest BCUT2D eigenvalue weighted by atomic mass is 10.8. The molecule has 1 atom stereocenters. The van der Waals surface area contributed by atoms with E-state index in [1.165, 1.54) is 11.0 Å². The summed E-state index contributed by atoms with van der Waals surface area (Å²) in [4.78, 5) is 0. The van der Waals surface area contributed by atoms with Gasteiger partial charge in [-0.25, -0.2) is 0 Å². The van der Waals surface area contributed by atoms with Gasteiger partial charge in [-0.15, -0.1) is 0 Å². The van der Waals surface area contributed by atoms with Crippen LogP contribution in [0.25, 0.3) is 0 Å². The summed E-state index contributed by atoms with van der Waals surface area (Å²) >= 11 is 0. The lowest BCUT2D eigenvalue weighted by Crippen LogP contribution is -2.05. The maximum absolute atomic E-state index is 3.99. The van der Waals surface area contributed by atoms with E-state index in [0.717, 1.165) is 5.84 Å². The minimum atomic E-state index is 0.0100. The first-order valence-corrected chi connectivity index (χ1v) is 4.50. The van der Waals surface area contributed by atoms with Crippen LogP contribution in [0.1, 0.15) is 6.92 Å². The van der Waals surface area contributed by atoms with Crippen molar-refractivity contribution in [1.29, 1.82) is 0 Å². The molecule has 1 rings (SSSR count). The quantitative estimate of drug-likeness (QED) is 0.306. The third-order valence-corrected chi connectivity index (χ3v) is 2.59. The van der Waals surface area contributed by atoms with Crippen molar-refractivity contribution in [1.82, 2.24) is 4.72 Å². The molecule has 0 amide bonds. The largest absolute Gasteiger partial charge is 0.314 e. The van der Waals surface area contributed by atoms with Crippen molar-refractivity contribution in [2.75, 3.05) is 0 Å². The Hall–Kier alpha value is 0.0400. The molecule has 0 spiro atoms. The maximum atomic E-state index is 3.99. The van der Waals surface area contributed by atoms with Gasteiger partial charge in [-0.1, -0.05) is 0 Å². The fourth-order valence-corrected chi connectivity index (χ4v) is 2.10. The number of hydrogen-bond donors (Lipinski definition) is 1. The second-order valence-electron chi connectivity index (χ2n) is 1.20. The van der Waals surface area contributed by atoms with Crippen LogP contribution in [-0.2, 0) is 0 Å². The highest BCUT2D eigenvalue weighted by Crippen LogP contribution is 2.30. The van der Waals surface area contributed by atoms with Crippen molar-refractivity contribution in [2.24, 2.45) is 4.40 Å². The molecule has 1 heterocycles. The molecule has 1 N–H and O–H groups in total. The summed E-state index contributed by atoms with van der Waals surface area (Å²) < 4.78 is 7.04. The number of hydrogen-bond acceptors (Lipinski definition) is 3. The zero-order valence-corrected chi connectivity index (χ0v) is 5.60. The van der Waals surface area contributed by atoms with Crippen molar-refractivity contribution >= 4 is 32.4 Å². The monoisotopic (exact) mass is 134 g/mol. The summed E-state index contributed by atoms with van der Waals surface area (Å²) in [6.07, 6.45) is 0. The van der Waals surface area contributed by atoms with Gasteiger partial charge in [0.1, 0.15) is 5.84 Å². The lowest BCUT2D eigenvalue weighted by molar-refractivity contribution is 1.49. The van der Waals surface area contributed by atoms with Crippen LogP contribution in [-0.4, -0.2) is 11.7 Å². The molecule has 0 aromatic carbocycles. The Labute approximate surface area is 49.0 Å². The van der Waals surface area contributed by atoms with Crippen molar-refractivity contribution in [3.05, 3.63) is 0 Å². The summed E-state index contributed by atoms with van der Waals surface area (Å²) in [6, 6.07) is 0. The molecule has 7 heavy (non-hydrogen) atoms. The van der Waals surface area contributed by atoms with E-state index >= 15 is 0 Å². The average Bonchev–Trinajstić information content (AvgIpc) is 1.87. The molecule has 0 fully saturated rings. The van der Waals surface area contributed by atoms with Crippen LogP contribution < -0.4 is 4.72 Å². The summed E-state index contributed by atoms with van der Waals surface area (Å²) in [7, 11) is 1.51. The zero-order chi connectivity index (χ0) is 5.28. The Morgan fingerprint density at radius 1 is 2.00 bits per heavy atom. The molecule has 0 saturated carbocycles. The lowest BCUT2D eigenvalue weighted by Gasteiger charge is -1.90. The molecule has 0 aromatic heterocycles. The van der Waals surface area contributed by atoms with Gasteiger partial charge in [-0.2, -0.15) is 4.40 Å². The Morgan fingerprint density at radius 2 is 2.71 bits per heavy atom.